The summed E-state index contributed by atoms with van der Waals surface area (Å²) in [6.45, 7) is 0.246. The van der Waals surface area contributed by atoms with Crippen LogP contribution in [0.4, 0.5) is 18.9 Å². The van der Waals surface area contributed by atoms with Gasteiger partial charge < -0.3 is 15.0 Å². The third-order valence-corrected chi connectivity index (χ3v) is 4.30. The lowest BCUT2D eigenvalue weighted by molar-refractivity contribution is -0.137. The van der Waals surface area contributed by atoms with Gasteiger partial charge in [-0.05, 0) is 42.5 Å². The lowest BCUT2D eigenvalue weighted by Crippen LogP contribution is -2.37. The molecule has 1 N–H and O–H groups in total. The first-order chi connectivity index (χ1) is 12.8. The Bertz CT molecular complexity index is 850. The fourth-order valence-corrected chi connectivity index (χ4v) is 2.92. The molecule has 1 unspecified atom stereocenters. The molecule has 8 heteroatoms. The molecular weight excluding hydrogens is 361 g/mol. The zero-order valence-electron chi connectivity index (χ0n) is 14.4. The average molecular weight is 378 g/mol. The quantitative estimate of drug-likeness (QED) is 0.889. The molecule has 0 aliphatic carbocycles. The maximum Gasteiger partial charge on any atom is 0.416 e. The van der Waals surface area contributed by atoms with Crippen molar-refractivity contribution >= 4 is 17.5 Å². The van der Waals surface area contributed by atoms with Crippen LogP contribution in [0.5, 0.6) is 5.75 Å². The van der Waals surface area contributed by atoms with Gasteiger partial charge in [0.1, 0.15) is 5.75 Å². The van der Waals surface area contributed by atoms with Crippen LogP contribution < -0.4 is 15.0 Å². The van der Waals surface area contributed by atoms with Crippen molar-refractivity contribution in [1.29, 1.82) is 0 Å². The Kier molecular flexibility index (Phi) is 5.07. The van der Waals surface area contributed by atoms with Gasteiger partial charge in [0.2, 0.25) is 5.91 Å². The molecule has 0 aromatic heterocycles. The SMILES string of the molecule is COc1ccc(N2CC(NC(=O)c3cccc(C(F)(F)F)c3)CC2=O)cc1. The van der Waals surface area contributed by atoms with Crippen molar-refractivity contribution in [3.05, 3.63) is 59.7 Å². The Balaban J connectivity index is 1.68. The molecule has 2 aromatic carbocycles. The minimum Gasteiger partial charge on any atom is -0.497 e. The van der Waals surface area contributed by atoms with Gasteiger partial charge in [-0.15, -0.1) is 0 Å². The summed E-state index contributed by atoms with van der Waals surface area (Å²) in [6, 6.07) is 10.6. The summed E-state index contributed by atoms with van der Waals surface area (Å²) in [5.74, 6) is -0.162. The zero-order chi connectivity index (χ0) is 19.6. The highest BCUT2D eigenvalue weighted by Gasteiger charge is 2.33. The van der Waals surface area contributed by atoms with Gasteiger partial charge in [0.15, 0.2) is 0 Å². The minimum absolute atomic E-state index is 0.0801. The number of hydrogen-bond acceptors (Lipinski definition) is 3. The van der Waals surface area contributed by atoms with Crippen LogP contribution in [0.2, 0.25) is 0 Å². The number of amides is 2. The minimum atomic E-state index is -4.52. The molecule has 2 aromatic rings. The highest BCUT2D eigenvalue weighted by molar-refractivity contribution is 5.99. The molecule has 1 heterocycles. The number of halogens is 3. The molecule has 0 bridgehead atoms. The molecule has 0 radical (unpaired) electrons. The van der Waals surface area contributed by atoms with E-state index in [-0.39, 0.29) is 24.4 Å². The van der Waals surface area contributed by atoms with Gasteiger partial charge in [-0.3, -0.25) is 9.59 Å². The zero-order valence-corrected chi connectivity index (χ0v) is 14.4. The van der Waals surface area contributed by atoms with Gasteiger partial charge in [-0.25, -0.2) is 0 Å². The van der Waals surface area contributed by atoms with E-state index in [1.165, 1.54) is 24.1 Å². The predicted octanol–water partition coefficient (Wildman–Crippen LogP) is 3.25. The van der Waals surface area contributed by atoms with E-state index in [0.717, 1.165) is 12.1 Å². The molecular formula is C19H17F3N2O3. The van der Waals surface area contributed by atoms with Crippen molar-refractivity contribution in [2.24, 2.45) is 0 Å². The second kappa shape index (κ2) is 7.30. The van der Waals surface area contributed by atoms with Crippen LogP contribution in [-0.4, -0.2) is 31.5 Å². The van der Waals surface area contributed by atoms with Gasteiger partial charge in [-0.2, -0.15) is 13.2 Å². The molecule has 2 amide bonds. The first-order valence-corrected chi connectivity index (χ1v) is 8.20. The van der Waals surface area contributed by atoms with E-state index >= 15 is 0 Å². The molecule has 3 rings (SSSR count). The van der Waals surface area contributed by atoms with E-state index in [1.807, 2.05) is 0 Å². The molecule has 0 saturated carbocycles. The molecule has 0 spiro atoms. The van der Waals surface area contributed by atoms with Crippen molar-refractivity contribution in [2.75, 3.05) is 18.6 Å². The molecule has 27 heavy (non-hydrogen) atoms. The highest BCUT2D eigenvalue weighted by atomic mass is 19.4. The predicted molar refractivity (Wildman–Crippen MR) is 92.7 cm³/mol. The van der Waals surface area contributed by atoms with Crippen LogP contribution in [0.1, 0.15) is 22.3 Å². The second-order valence-corrected chi connectivity index (χ2v) is 6.16. The van der Waals surface area contributed by atoms with Crippen LogP contribution in [0.15, 0.2) is 48.5 Å². The van der Waals surface area contributed by atoms with Crippen LogP contribution in [-0.2, 0) is 11.0 Å². The number of rotatable bonds is 4. The topological polar surface area (TPSA) is 58.6 Å². The maximum absolute atomic E-state index is 12.8. The molecule has 1 atom stereocenters. The summed E-state index contributed by atoms with van der Waals surface area (Å²) in [6.07, 6.45) is -4.44. The van der Waals surface area contributed by atoms with Crippen LogP contribution in [0.3, 0.4) is 0 Å². The summed E-state index contributed by atoms with van der Waals surface area (Å²) < 4.78 is 43.4. The van der Waals surface area contributed by atoms with E-state index in [1.54, 1.807) is 24.3 Å². The number of ether oxygens (including phenoxy) is 1. The summed E-state index contributed by atoms with van der Waals surface area (Å²) in [5.41, 5.74) is -0.325. The molecule has 1 fully saturated rings. The second-order valence-electron chi connectivity index (χ2n) is 6.16. The first kappa shape index (κ1) is 18.8. The monoisotopic (exact) mass is 378 g/mol. The molecule has 1 aliphatic rings. The van der Waals surface area contributed by atoms with E-state index in [2.05, 4.69) is 5.32 Å². The van der Waals surface area contributed by atoms with Gasteiger partial charge in [0.25, 0.3) is 5.91 Å². The average Bonchev–Trinajstić information content (AvgIpc) is 3.01. The number of carbonyl (C=O) groups excluding carboxylic acids is 2. The van der Waals surface area contributed by atoms with Crippen molar-refractivity contribution in [3.63, 3.8) is 0 Å². The van der Waals surface area contributed by atoms with E-state index in [0.29, 0.717) is 11.4 Å². The van der Waals surface area contributed by atoms with Crippen molar-refractivity contribution in [1.82, 2.24) is 5.32 Å². The summed E-state index contributed by atoms with van der Waals surface area (Å²) >= 11 is 0. The van der Waals surface area contributed by atoms with Crippen molar-refractivity contribution in [2.45, 2.75) is 18.6 Å². The Morgan fingerprint density at radius 3 is 2.52 bits per heavy atom. The van der Waals surface area contributed by atoms with Crippen LogP contribution in [0, 0.1) is 0 Å². The fraction of sp³-hybridized carbons (Fsp3) is 0.263. The Labute approximate surface area is 153 Å². The molecule has 5 nitrogen and oxygen atoms in total. The Hall–Kier alpha value is -3.03. The maximum atomic E-state index is 12.8. The fourth-order valence-electron chi connectivity index (χ4n) is 2.92. The molecule has 1 aliphatic heterocycles. The van der Waals surface area contributed by atoms with Gasteiger partial charge in [-0.1, -0.05) is 6.07 Å². The first-order valence-electron chi connectivity index (χ1n) is 8.20. The molecule has 142 valence electrons. The van der Waals surface area contributed by atoms with Gasteiger partial charge in [0.05, 0.1) is 18.7 Å². The third-order valence-electron chi connectivity index (χ3n) is 4.30. The van der Waals surface area contributed by atoms with Gasteiger partial charge in [0, 0.05) is 24.2 Å². The number of hydrogen-bond donors (Lipinski definition) is 1. The largest absolute Gasteiger partial charge is 0.497 e. The lowest BCUT2D eigenvalue weighted by Gasteiger charge is -2.18. The van der Waals surface area contributed by atoms with E-state index < -0.39 is 23.7 Å². The summed E-state index contributed by atoms with van der Waals surface area (Å²) in [7, 11) is 1.54. The summed E-state index contributed by atoms with van der Waals surface area (Å²) in [5, 5.41) is 2.63. The third kappa shape index (κ3) is 4.21. The number of benzene rings is 2. The van der Waals surface area contributed by atoms with Crippen molar-refractivity contribution in [3.8, 4) is 5.75 Å². The number of nitrogens with one attached hydrogen (secondary N) is 1. The lowest BCUT2D eigenvalue weighted by atomic mass is 10.1. The van der Waals surface area contributed by atoms with Crippen LogP contribution in [0.25, 0.3) is 0 Å². The summed E-state index contributed by atoms with van der Waals surface area (Å²) in [4.78, 5) is 26.1. The Morgan fingerprint density at radius 1 is 1.19 bits per heavy atom. The number of alkyl halides is 3. The molecule has 1 saturated heterocycles. The van der Waals surface area contributed by atoms with Crippen LogP contribution >= 0.6 is 0 Å². The standard InChI is InChI=1S/C19H17F3N2O3/c1-27-16-7-5-15(6-8-16)24-11-14(10-17(24)25)23-18(26)12-3-2-4-13(9-12)19(20,21)22/h2-9,14H,10-11H2,1H3,(H,23,26). The normalized spacial score (nSPS) is 17.1. The highest BCUT2D eigenvalue weighted by Crippen LogP contribution is 2.29. The number of carbonyl (C=O) groups is 2. The number of nitrogens with zero attached hydrogens (tertiary/aromatic N) is 1. The number of anilines is 1. The van der Waals surface area contributed by atoms with Gasteiger partial charge >= 0.3 is 6.18 Å². The van der Waals surface area contributed by atoms with E-state index in [4.69, 9.17) is 4.74 Å². The number of methoxy groups -OCH3 is 1. The van der Waals surface area contributed by atoms with E-state index in [9.17, 15) is 22.8 Å². The Morgan fingerprint density at radius 2 is 1.89 bits per heavy atom. The van der Waals surface area contributed by atoms with Crippen molar-refractivity contribution < 1.29 is 27.5 Å². The smallest absolute Gasteiger partial charge is 0.416 e.